The van der Waals surface area contributed by atoms with Gasteiger partial charge in [0.1, 0.15) is 0 Å². The van der Waals surface area contributed by atoms with E-state index in [2.05, 4.69) is 79.1 Å². The molecule has 1 N–H and O–H groups in total. The van der Waals surface area contributed by atoms with Crippen LogP contribution in [0.25, 0.3) is 21.5 Å². The monoisotopic (exact) mass is 582 g/mol. The lowest BCUT2D eigenvalue weighted by Gasteiger charge is -2.15. The number of rotatable bonds is 9. The van der Waals surface area contributed by atoms with Crippen LogP contribution in [0.1, 0.15) is 26.0 Å². The summed E-state index contributed by atoms with van der Waals surface area (Å²) in [5.41, 5.74) is 5.83. The highest BCUT2D eigenvalue weighted by atomic mass is 32.1. The zero-order valence-corrected chi connectivity index (χ0v) is 25.0. The Morgan fingerprint density at radius 1 is 0.628 bits per heavy atom. The van der Waals surface area contributed by atoms with Crippen LogP contribution < -0.4 is 5.32 Å². The molecule has 1 aromatic heterocycles. The van der Waals surface area contributed by atoms with Crippen LogP contribution in [0.5, 0.6) is 0 Å². The van der Waals surface area contributed by atoms with Gasteiger partial charge in [0.25, 0.3) is 0 Å². The molecule has 1 unspecified atom stereocenters. The van der Waals surface area contributed by atoms with Crippen molar-refractivity contribution >= 4 is 72.1 Å². The largest absolute Gasteiger partial charge is 0.382 e. The molecule has 0 aliphatic carbocycles. The van der Waals surface area contributed by atoms with Crippen molar-refractivity contribution < 1.29 is 0 Å². The average Bonchev–Trinajstić information content (AvgIpc) is 3.47. The molecule has 43 heavy (non-hydrogen) atoms. The highest BCUT2D eigenvalue weighted by Crippen LogP contribution is 2.37. The Kier molecular flexibility index (Phi) is 8.33. The normalized spacial score (nSPS) is 12.7. The summed E-state index contributed by atoms with van der Waals surface area (Å²) in [6.45, 7) is 6.30. The quantitative estimate of drug-likeness (QED) is 0.171. The molecule has 0 aliphatic rings. The van der Waals surface area contributed by atoms with E-state index in [1.54, 1.807) is 0 Å². The number of azo groups is 3. The van der Waals surface area contributed by atoms with E-state index in [0.29, 0.717) is 11.2 Å². The Bertz CT molecular complexity index is 1980. The van der Waals surface area contributed by atoms with Gasteiger partial charge in [-0.05, 0) is 68.8 Å². The second kappa shape index (κ2) is 12.8. The van der Waals surface area contributed by atoms with E-state index in [1.807, 2.05) is 85.1 Å². The summed E-state index contributed by atoms with van der Waals surface area (Å²) in [4.78, 5) is 4.30. The minimum Gasteiger partial charge on any atom is -0.382 e. The predicted octanol–water partition coefficient (Wildman–Crippen LogP) is 12.2. The lowest BCUT2D eigenvalue weighted by atomic mass is 10.1. The van der Waals surface area contributed by atoms with Crippen LogP contribution in [0.15, 0.2) is 133 Å². The Morgan fingerprint density at radius 2 is 1.12 bits per heavy atom. The number of aryl methyl sites for hydroxylation is 1. The maximum atomic E-state index is 4.69. The second-order valence-electron chi connectivity index (χ2n) is 10.2. The highest BCUT2D eigenvalue weighted by Gasteiger charge is 2.09. The first-order valence-electron chi connectivity index (χ1n) is 14.1. The van der Waals surface area contributed by atoms with Crippen LogP contribution in [0, 0.1) is 6.92 Å². The second-order valence-corrected chi connectivity index (χ2v) is 11.0. The molecule has 6 aromatic rings. The molecule has 0 saturated carbocycles. The Morgan fingerprint density at radius 3 is 1.65 bits per heavy atom. The lowest BCUT2D eigenvalue weighted by Crippen LogP contribution is -2.13. The molecule has 212 valence electrons. The van der Waals surface area contributed by atoms with Gasteiger partial charge in [0.05, 0.1) is 34.1 Å². The predicted molar refractivity (Wildman–Crippen MR) is 177 cm³/mol. The number of fused-ring (bicyclic) bond motifs is 2. The van der Waals surface area contributed by atoms with E-state index >= 15 is 0 Å². The summed E-state index contributed by atoms with van der Waals surface area (Å²) in [6.07, 6.45) is 1.05. The summed E-state index contributed by atoms with van der Waals surface area (Å²) >= 11 is 1.46. The van der Waals surface area contributed by atoms with Crippen LogP contribution >= 0.6 is 11.3 Å². The number of benzene rings is 5. The molecule has 0 spiro atoms. The number of nitrogens with one attached hydrogen (secondary N) is 1. The van der Waals surface area contributed by atoms with Gasteiger partial charge in [-0.2, -0.15) is 5.11 Å². The van der Waals surface area contributed by atoms with Gasteiger partial charge < -0.3 is 5.32 Å². The fourth-order valence-electron chi connectivity index (χ4n) is 4.60. The molecule has 8 nitrogen and oxygen atoms in total. The van der Waals surface area contributed by atoms with E-state index in [9.17, 15) is 0 Å². The van der Waals surface area contributed by atoms with E-state index in [4.69, 9.17) is 0 Å². The van der Waals surface area contributed by atoms with E-state index in [-0.39, 0.29) is 0 Å². The Labute approximate surface area is 254 Å². The molecule has 0 aliphatic heterocycles. The molecule has 6 rings (SSSR count). The first kappa shape index (κ1) is 28.0. The first-order chi connectivity index (χ1) is 21.1. The summed E-state index contributed by atoms with van der Waals surface area (Å²) in [5.74, 6) is 0. The zero-order valence-electron chi connectivity index (χ0n) is 24.1. The Balaban J connectivity index is 1.24. The van der Waals surface area contributed by atoms with Gasteiger partial charge >= 0.3 is 0 Å². The number of aromatic nitrogens is 1. The van der Waals surface area contributed by atoms with Crippen LogP contribution in [-0.2, 0) is 0 Å². The van der Waals surface area contributed by atoms with Gasteiger partial charge in [0.2, 0.25) is 5.13 Å². The van der Waals surface area contributed by atoms with Crippen LogP contribution in [0.4, 0.5) is 39.3 Å². The molecule has 1 atom stereocenters. The van der Waals surface area contributed by atoms with E-state index in [0.717, 1.165) is 67.8 Å². The van der Waals surface area contributed by atoms with Crippen molar-refractivity contribution in [3.05, 3.63) is 108 Å². The lowest BCUT2D eigenvalue weighted by molar-refractivity contribution is 0.765. The van der Waals surface area contributed by atoms with Crippen LogP contribution in [0.3, 0.4) is 0 Å². The highest BCUT2D eigenvalue weighted by molar-refractivity contribution is 7.13. The van der Waals surface area contributed by atoms with Gasteiger partial charge in [0.15, 0.2) is 0 Å². The molecular weight excluding hydrogens is 552 g/mol. The topological polar surface area (TPSA) is 99.1 Å². The van der Waals surface area contributed by atoms with Crippen LogP contribution in [-0.4, -0.2) is 11.0 Å². The van der Waals surface area contributed by atoms with Crippen molar-refractivity contribution in [1.29, 1.82) is 0 Å². The van der Waals surface area contributed by atoms with Crippen molar-refractivity contribution in [3.8, 4) is 0 Å². The average molecular weight is 583 g/mol. The van der Waals surface area contributed by atoms with Crippen molar-refractivity contribution in [2.45, 2.75) is 33.2 Å². The van der Waals surface area contributed by atoms with Gasteiger partial charge in [-0.1, -0.05) is 55.5 Å². The minimum atomic E-state index is 0.382. The summed E-state index contributed by atoms with van der Waals surface area (Å²) in [7, 11) is 0. The van der Waals surface area contributed by atoms with Crippen LogP contribution in [0.2, 0.25) is 0 Å². The smallest absolute Gasteiger partial charge is 0.230 e. The molecule has 0 amide bonds. The molecule has 5 aromatic carbocycles. The maximum Gasteiger partial charge on any atom is 0.230 e. The number of nitrogens with zero attached hydrogens (tertiary/aromatic N) is 7. The number of hydrogen-bond donors (Lipinski definition) is 1. The summed E-state index contributed by atoms with van der Waals surface area (Å²) in [5, 5.41) is 37.1. The number of hydrogen-bond acceptors (Lipinski definition) is 9. The standard InChI is InChI=1S/C34H30N8S/c1-4-22(2)35-30-17-18-32(27-10-6-5-9-26(27)30)40-41-33-20-19-31(28-11-7-8-12-29(28)33)39-37-24-13-15-25(16-14-24)38-42-34-36-23(3)21-43-34/h5-22,35H,4H2,1-3H3/b39-37+,41-40+,42-38+. The third-order valence-electron chi connectivity index (χ3n) is 7.04. The number of anilines is 1. The SMILES string of the molecule is CCC(C)Nc1ccc(/N=N/c2ccc(/N=N/c3ccc(/N=N/c4nc(C)cs4)cc3)c3ccccc23)c2ccccc12. The Hall–Kier alpha value is -5.15. The molecule has 0 saturated heterocycles. The third kappa shape index (κ3) is 6.52. The van der Waals surface area contributed by atoms with E-state index in [1.165, 1.54) is 11.3 Å². The van der Waals surface area contributed by atoms with Gasteiger partial charge in [-0.25, -0.2) is 4.98 Å². The number of thiazole rings is 1. The van der Waals surface area contributed by atoms with Gasteiger partial charge in [0, 0.05) is 38.7 Å². The zero-order chi connectivity index (χ0) is 29.6. The molecule has 0 fully saturated rings. The third-order valence-corrected chi connectivity index (χ3v) is 7.88. The fraction of sp³-hybridized carbons (Fsp3) is 0.147. The van der Waals surface area contributed by atoms with Crippen molar-refractivity contribution in [1.82, 2.24) is 4.98 Å². The van der Waals surface area contributed by atoms with Gasteiger partial charge in [-0.3, -0.25) is 0 Å². The van der Waals surface area contributed by atoms with Crippen molar-refractivity contribution in [2.24, 2.45) is 30.7 Å². The molecule has 0 radical (unpaired) electrons. The van der Waals surface area contributed by atoms with Gasteiger partial charge in [-0.15, -0.1) is 36.9 Å². The van der Waals surface area contributed by atoms with E-state index < -0.39 is 0 Å². The molecule has 0 bridgehead atoms. The van der Waals surface area contributed by atoms with Crippen molar-refractivity contribution in [3.63, 3.8) is 0 Å². The first-order valence-corrected chi connectivity index (χ1v) is 15.0. The molecular formula is C34H30N8S. The van der Waals surface area contributed by atoms with Crippen molar-refractivity contribution in [2.75, 3.05) is 5.32 Å². The molecule has 9 heteroatoms. The molecule has 1 heterocycles. The minimum absolute atomic E-state index is 0.382. The summed E-state index contributed by atoms with van der Waals surface area (Å²) < 4.78 is 0. The fourth-order valence-corrected chi connectivity index (χ4v) is 5.21. The maximum absolute atomic E-state index is 4.69. The summed E-state index contributed by atoms with van der Waals surface area (Å²) in [6, 6.07) is 32.1.